The van der Waals surface area contributed by atoms with Gasteiger partial charge in [0.05, 0.1) is 17.4 Å². The topological polar surface area (TPSA) is 105 Å². The van der Waals surface area contributed by atoms with Gasteiger partial charge in [-0.15, -0.1) is 11.3 Å². The van der Waals surface area contributed by atoms with Crippen molar-refractivity contribution in [3.8, 4) is 11.4 Å². The Morgan fingerprint density at radius 3 is 2.87 bits per heavy atom. The van der Waals surface area contributed by atoms with Gasteiger partial charge in [0.2, 0.25) is 27.6 Å². The summed E-state index contributed by atoms with van der Waals surface area (Å²) in [4.78, 5) is 18.1. The number of nitrogens with one attached hydrogen (secondary N) is 1. The summed E-state index contributed by atoms with van der Waals surface area (Å²) >= 11 is 1.58. The minimum atomic E-state index is -3.77. The van der Waals surface area contributed by atoms with Crippen LogP contribution in [0.1, 0.15) is 29.2 Å². The van der Waals surface area contributed by atoms with E-state index >= 15 is 0 Å². The Hall–Kier alpha value is -2.56. The molecule has 1 unspecified atom stereocenters. The van der Waals surface area contributed by atoms with Gasteiger partial charge in [0.15, 0.2) is 0 Å². The summed E-state index contributed by atoms with van der Waals surface area (Å²) in [5.41, 5.74) is 1.21. The fraction of sp³-hybridized carbons (Fsp3) is 0.381. The quantitative estimate of drug-likeness (QED) is 0.606. The van der Waals surface area contributed by atoms with Gasteiger partial charge in [0, 0.05) is 30.5 Å². The van der Waals surface area contributed by atoms with Crippen molar-refractivity contribution in [3.63, 3.8) is 0 Å². The molecule has 3 heterocycles. The molecular weight excluding hydrogens is 436 g/mol. The summed E-state index contributed by atoms with van der Waals surface area (Å²) in [7, 11) is -3.77. The predicted molar refractivity (Wildman–Crippen MR) is 117 cm³/mol. The summed E-state index contributed by atoms with van der Waals surface area (Å²) in [6, 6.07) is 8.99. The molecule has 1 amide bonds. The summed E-state index contributed by atoms with van der Waals surface area (Å²) in [5.74, 6) is 0.277. The van der Waals surface area contributed by atoms with Crippen molar-refractivity contribution in [1.29, 1.82) is 0 Å². The van der Waals surface area contributed by atoms with Gasteiger partial charge in [-0.2, -0.15) is 9.29 Å². The van der Waals surface area contributed by atoms with Crippen LogP contribution in [0.4, 0.5) is 0 Å². The second-order valence-corrected chi connectivity index (χ2v) is 10.6. The molecule has 1 aliphatic heterocycles. The van der Waals surface area contributed by atoms with Gasteiger partial charge < -0.3 is 9.84 Å². The number of nitrogens with zero attached hydrogens (tertiary/aromatic N) is 3. The molecule has 1 atom stereocenters. The van der Waals surface area contributed by atoms with E-state index in [2.05, 4.69) is 15.5 Å². The van der Waals surface area contributed by atoms with Gasteiger partial charge >= 0.3 is 0 Å². The highest BCUT2D eigenvalue weighted by Gasteiger charge is 2.34. The molecule has 0 radical (unpaired) electrons. The highest BCUT2D eigenvalue weighted by Crippen LogP contribution is 2.29. The average molecular weight is 461 g/mol. The van der Waals surface area contributed by atoms with Crippen LogP contribution in [-0.2, 0) is 21.4 Å². The maximum absolute atomic E-state index is 13.4. The third kappa shape index (κ3) is 4.70. The van der Waals surface area contributed by atoms with Crippen LogP contribution in [0.5, 0.6) is 0 Å². The van der Waals surface area contributed by atoms with Gasteiger partial charge in [-0.1, -0.05) is 23.4 Å². The molecule has 1 aromatic carbocycles. The van der Waals surface area contributed by atoms with Crippen molar-refractivity contribution in [2.75, 3.05) is 13.1 Å². The second kappa shape index (κ2) is 8.89. The van der Waals surface area contributed by atoms with Crippen molar-refractivity contribution < 1.29 is 17.7 Å². The van der Waals surface area contributed by atoms with Crippen LogP contribution < -0.4 is 5.32 Å². The van der Waals surface area contributed by atoms with Crippen molar-refractivity contribution in [2.45, 2.75) is 38.1 Å². The molecule has 1 saturated heterocycles. The van der Waals surface area contributed by atoms with Crippen LogP contribution in [0.25, 0.3) is 11.4 Å². The first-order chi connectivity index (χ1) is 14.8. The van der Waals surface area contributed by atoms with Gasteiger partial charge in [-0.3, -0.25) is 4.79 Å². The standard InChI is InChI=1S/C21H24N4O4S2/c1-14-7-8-16(20-23-15(2)29-24-20)11-19(14)31(27,28)25-9-3-5-17(13-25)21(26)22-12-18-6-4-10-30-18/h4,6-8,10-11,17H,3,5,9,12-13H2,1-2H3,(H,22,26). The summed E-state index contributed by atoms with van der Waals surface area (Å²) < 4.78 is 33.3. The molecule has 0 bridgehead atoms. The van der Waals surface area contributed by atoms with Crippen LogP contribution in [-0.4, -0.2) is 41.9 Å². The van der Waals surface area contributed by atoms with Crippen LogP contribution >= 0.6 is 11.3 Å². The number of sulfonamides is 1. The Morgan fingerprint density at radius 1 is 1.32 bits per heavy atom. The molecule has 0 spiro atoms. The number of piperidine rings is 1. The zero-order chi connectivity index (χ0) is 22.0. The number of carbonyl (C=O) groups excluding carboxylic acids is 1. The zero-order valence-electron chi connectivity index (χ0n) is 17.4. The second-order valence-electron chi connectivity index (χ2n) is 7.62. The largest absolute Gasteiger partial charge is 0.351 e. The minimum absolute atomic E-state index is 0.110. The van der Waals surface area contributed by atoms with E-state index in [4.69, 9.17) is 4.52 Å². The summed E-state index contributed by atoms with van der Waals surface area (Å²) in [6.07, 6.45) is 1.31. The Labute approximate surface area is 185 Å². The SMILES string of the molecule is Cc1nc(-c2ccc(C)c(S(=O)(=O)N3CCCC(C(=O)NCc4cccs4)C3)c2)no1. The summed E-state index contributed by atoms with van der Waals surface area (Å²) in [5, 5.41) is 8.78. The van der Waals surface area contributed by atoms with Gasteiger partial charge in [0.1, 0.15) is 0 Å². The lowest BCUT2D eigenvalue weighted by Gasteiger charge is -2.31. The lowest BCUT2D eigenvalue weighted by atomic mass is 9.99. The van der Waals surface area contributed by atoms with E-state index in [0.29, 0.717) is 48.8 Å². The van der Waals surface area contributed by atoms with E-state index in [1.165, 1.54) is 4.31 Å². The van der Waals surface area contributed by atoms with Crippen molar-refractivity contribution >= 4 is 27.3 Å². The van der Waals surface area contributed by atoms with E-state index in [9.17, 15) is 13.2 Å². The Morgan fingerprint density at radius 2 is 2.16 bits per heavy atom. The molecular formula is C21H24N4O4S2. The molecule has 8 nitrogen and oxygen atoms in total. The lowest BCUT2D eigenvalue weighted by Crippen LogP contribution is -2.45. The first-order valence-electron chi connectivity index (χ1n) is 10.1. The lowest BCUT2D eigenvalue weighted by molar-refractivity contribution is -0.126. The number of hydrogen-bond acceptors (Lipinski definition) is 7. The predicted octanol–water partition coefficient (Wildman–Crippen LogP) is 3.13. The van der Waals surface area contributed by atoms with Crippen LogP contribution in [0.2, 0.25) is 0 Å². The fourth-order valence-electron chi connectivity index (χ4n) is 3.68. The minimum Gasteiger partial charge on any atom is -0.351 e. The highest BCUT2D eigenvalue weighted by atomic mass is 32.2. The molecule has 31 heavy (non-hydrogen) atoms. The van der Waals surface area contributed by atoms with Crippen LogP contribution in [0.15, 0.2) is 45.1 Å². The third-order valence-electron chi connectivity index (χ3n) is 5.36. The van der Waals surface area contributed by atoms with Gasteiger partial charge in [0.25, 0.3) is 0 Å². The average Bonchev–Trinajstić information content (AvgIpc) is 3.44. The molecule has 3 aromatic rings. The molecule has 10 heteroatoms. The number of aromatic nitrogens is 2. The molecule has 1 fully saturated rings. The molecule has 1 N–H and O–H groups in total. The van der Waals surface area contributed by atoms with Crippen molar-refractivity contribution in [3.05, 3.63) is 52.0 Å². The van der Waals surface area contributed by atoms with E-state index < -0.39 is 10.0 Å². The van der Waals surface area contributed by atoms with Crippen LogP contribution in [0, 0.1) is 19.8 Å². The molecule has 1 aliphatic rings. The third-order valence-corrected chi connectivity index (χ3v) is 8.25. The Balaban J connectivity index is 1.52. The maximum Gasteiger partial charge on any atom is 0.243 e. The Bertz CT molecular complexity index is 1170. The zero-order valence-corrected chi connectivity index (χ0v) is 19.0. The van der Waals surface area contributed by atoms with E-state index in [1.807, 2.05) is 17.5 Å². The smallest absolute Gasteiger partial charge is 0.243 e. The molecule has 0 saturated carbocycles. The maximum atomic E-state index is 13.4. The number of rotatable bonds is 6. The summed E-state index contributed by atoms with van der Waals surface area (Å²) in [6.45, 7) is 4.46. The van der Waals surface area contributed by atoms with Crippen LogP contribution in [0.3, 0.4) is 0 Å². The number of thiophene rings is 1. The van der Waals surface area contributed by atoms with Crippen molar-refractivity contribution in [1.82, 2.24) is 19.8 Å². The monoisotopic (exact) mass is 460 g/mol. The molecule has 0 aliphatic carbocycles. The first kappa shape index (κ1) is 21.7. The number of amides is 1. The molecule has 2 aromatic heterocycles. The number of benzene rings is 1. The van der Waals surface area contributed by atoms with E-state index in [1.54, 1.807) is 43.4 Å². The normalized spacial score (nSPS) is 17.5. The van der Waals surface area contributed by atoms with Crippen molar-refractivity contribution in [2.24, 2.45) is 5.92 Å². The number of aryl methyl sites for hydroxylation is 2. The number of hydrogen-bond donors (Lipinski definition) is 1. The highest BCUT2D eigenvalue weighted by molar-refractivity contribution is 7.89. The van der Waals surface area contributed by atoms with Gasteiger partial charge in [-0.25, -0.2) is 8.42 Å². The Kier molecular flexibility index (Phi) is 6.22. The fourth-order valence-corrected chi connectivity index (χ4v) is 6.10. The molecule has 4 rings (SSSR count). The van der Waals surface area contributed by atoms with Gasteiger partial charge in [-0.05, 0) is 42.8 Å². The number of carbonyl (C=O) groups is 1. The van der Waals surface area contributed by atoms with E-state index in [-0.39, 0.29) is 23.3 Å². The molecule has 164 valence electrons. The van der Waals surface area contributed by atoms with E-state index in [0.717, 1.165) is 4.88 Å². The first-order valence-corrected chi connectivity index (χ1v) is 12.4.